The summed E-state index contributed by atoms with van der Waals surface area (Å²) in [6.07, 6.45) is 4.01. The highest BCUT2D eigenvalue weighted by atomic mass is 16.5. The van der Waals surface area contributed by atoms with Gasteiger partial charge in [-0.2, -0.15) is 0 Å². The van der Waals surface area contributed by atoms with Gasteiger partial charge in [0.2, 0.25) is 0 Å². The predicted octanol–water partition coefficient (Wildman–Crippen LogP) is 3.08. The summed E-state index contributed by atoms with van der Waals surface area (Å²) in [6, 6.07) is 5.56. The third-order valence-electron chi connectivity index (χ3n) is 4.07. The summed E-state index contributed by atoms with van der Waals surface area (Å²) >= 11 is 0. The van der Waals surface area contributed by atoms with Crippen molar-refractivity contribution in [3.63, 3.8) is 0 Å². The van der Waals surface area contributed by atoms with E-state index in [0.29, 0.717) is 23.8 Å². The lowest BCUT2D eigenvalue weighted by atomic mass is 9.82. The van der Waals surface area contributed by atoms with Crippen LogP contribution in [0.1, 0.15) is 41.6 Å². The molecule has 0 unspecified atom stereocenters. The van der Waals surface area contributed by atoms with Crippen LogP contribution in [0.5, 0.6) is 5.75 Å². The first-order valence-electron chi connectivity index (χ1n) is 7.02. The molecule has 108 valence electrons. The van der Waals surface area contributed by atoms with E-state index < -0.39 is 5.97 Å². The molecule has 0 amide bonds. The van der Waals surface area contributed by atoms with Crippen molar-refractivity contribution in [1.82, 2.24) is 0 Å². The summed E-state index contributed by atoms with van der Waals surface area (Å²) in [5.74, 6) is 0.119. The number of rotatable bonds is 5. The van der Waals surface area contributed by atoms with Crippen molar-refractivity contribution in [1.29, 1.82) is 0 Å². The lowest BCUT2D eigenvalue weighted by Crippen LogP contribution is -2.24. The Hall–Kier alpha value is -1.84. The Bertz CT molecular complexity index is 487. The number of aliphatic carboxylic acids is 1. The van der Waals surface area contributed by atoms with E-state index in [-0.39, 0.29) is 5.92 Å². The fourth-order valence-electron chi connectivity index (χ4n) is 2.71. The smallest absolute Gasteiger partial charge is 0.306 e. The van der Waals surface area contributed by atoms with E-state index >= 15 is 0 Å². The minimum absolute atomic E-state index is 0.198. The van der Waals surface area contributed by atoms with Gasteiger partial charge in [0, 0.05) is 0 Å². The Kier molecular flexibility index (Phi) is 4.77. The Morgan fingerprint density at radius 2 is 2.05 bits per heavy atom. The highest BCUT2D eigenvalue weighted by Crippen LogP contribution is 2.30. The van der Waals surface area contributed by atoms with Crippen LogP contribution in [0, 0.1) is 18.8 Å². The second kappa shape index (κ2) is 6.55. The van der Waals surface area contributed by atoms with E-state index in [1.807, 2.05) is 19.1 Å². The van der Waals surface area contributed by atoms with E-state index in [2.05, 4.69) is 0 Å². The third-order valence-corrected chi connectivity index (χ3v) is 4.07. The number of benzene rings is 1. The van der Waals surface area contributed by atoms with Crippen LogP contribution < -0.4 is 4.74 Å². The van der Waals surface area contributed by atoms with Gasteiger partial charge < -0.3 is 9.84 Å². The standard InChI is InChI=1S/C16H20O4/c1-11-3-2-4-15(14(11)9-17)20-10-12-5-7-13(8-6-12)16(18)19/h2-4,9,12-13H,5-8,10H2,1H3,(H,18,19)/t12-,13+. The van der Waals surface area contributed by atoms with E-state index in [0.717, 1.165) is 37.5 Å². The van der Waals surface area contributed by atoms with Crippen molar-refractivity contribution in [2.45, 2.75) is 32.6 Å². The fourth-order valence-corrected chi connectivity index (χ4v) is 2.71. The van der Waals surface area contributed by atoms with Gasteiger partial charge in [-0.3, -0.25) is 9.59 Å². The monoisotopic (exact) mass is 276 g/mol. The zero-order chi connectivity index (χ0) is 14.5. The van der Waals surface area contributed by atoms with Crippen LogP contribution in [-0.2, 0) is 4.79 Å². The summed E-state index contributed by atoms with van der Waals surface area (Å²) in [5, 5.41) is 8.96. The second-order valence-electron chi connectivity index (χ2n) is 5.47. The molecule has 1 fully saturated rings. The Morgan fingerprint density at radius 1 is 1.35 bits per heavy atom. The van der Waals surface area contributed by atoms with Gasteiger partial charge in [-0.25, -0.2) is 0 Å². The van der Waals surface area contributed by atoms with E-state index in [9.17, 15) is 9.59 Å². The Balaban J connectivity index is 1.89. The first-order valence-corrected chi connectivity index (χ1v) is 7.02. The number of carbonyl (C=O) groups is 2. The maximum atomic E-state index is 11.1. The molecular formula is C16H20O4. The SMILES string of the molecule is Cc1cccc(OC[C@H]2CC[C@@H](C(=O)O)CC2)c1C=O. The van der Waals surface area contributed by atoms with Crippen LogP contribution in [0.3, 0.4) is 0 Å². The number of aryl methyl sites for hydroxylation is 1. The first-order chi connectivity index (χ1) is 9.61. The van der Waals surface area contributed by atoms with E-state index in [1.54, 1.807) is 6.07 Å². The molecule has 4 heteroatoms. The maximum absolute atomic E-state index is 11.1. The molecule has 1 N–H and O–H groups in total. The molecule has 0 aliphatic heterocycles. The van der Waals surface area contributed by atoms with Gasteiger partial charge in [-0.15, -0.1) is 0 Å². The molecule has 1 aliphatic carbocycles. The number of hydrogen-bond acceptors (Lipinski definition) is 3. The minimum Gasteiger partial charge on any atom is -0.493 e. The molecule has 4 nitrogen and oxygen atoms in total. The number of carbonyl (C=O) groups excluding carboxylic acids is 1. The molecule has 1 aliphatic rings. The summed E-state index contributed by atoms with van der Waals surface area (Å²) < 4.78 is 5.77. The average molecular weight is 276 g/mol. The van der Waals surface area contributed by atoms with E-state index in [1.165, 1.54) is 0 Å². The van der Waals surface area contributed by atoms with Crippen molar-refractivity contribution < 1.29 is 19.4 Å². The van der Waals surface area contributed by atoms with Crippen LogP contribution >= 0.6 is 0 Å². The topological polar surface area (TPSA) is 63.6 Å². The molecule has 0 saturated heterocycles. The summed E-state index contributed by atoms with van der Waals surface area (Å²) in [7, 11) is 0. The number of aldehydes is 1. The van der Waals surface area contributed by atoms with Crippen molar-refractivity contribution in [2.24, 2.45) is 11.8 Å². The molecule has 1 aromatic rings. The molecular weight excluding hydrogens is 256 g/mol. The van der Waals surface area contributed by atoms with Crippen molar-refractivity contribution in [3.8, 4) is 5.75 Å². The highest BCUT2D eigenvalue weighted by molar-refractivity contribution is 5.81. The Labute approximate surface area is 118 Å². The molecule has 0 spiro atoms. The molecule has 20 heavy (non-hydrogen) atoms. The van der Waals surface area contributed by atoms with Crippen molar-refractivity contribution in [2.75, 3.05) is 6.61 Å². The van der Waals surface area contributed by atoms with Crippen LogP contribution in [0.15, 0.2) is 18.2 Å². The normalized spacial score (nSPS) is 22.2. The molecule has 1 saturated carbocycles. The maximum Gasteiger partial charge on any atom is 0.306 e. The summed E-state index contributed by atoms with van der Waals surface area (Å²) in [4.78, 5) is 22.0. The van der Waals surface area contributed by atoms with Crippen LogP contribution in [-0.4, -0.2) is 24.0 Å². The Morgan fingerprint density at radius 3 is 2.65 bits per heavy atom. The lowest BCUT2D eigenvalue weighted by molar-refractivity contribution is -0.143. The van der Waals surface area contributed by atoms with Gasteiger partial charge in [0.1, 0.15) is 5.75 Å². The van der Waals surface area contributed by atoms with Crippen molar-refractivity contribution >= 4 is 12.3 Å². The van der Waals surface area contributed by atoms with Crippen LogP contribution in [0.4, 0.5) is 0 Å². The largest absolute Gasteiger partial charge is 0.493 e. The molecule has 1 aromatic carbocycles. The summed E-state index contributed by atoms with van der Waals surface area (Å²) in [5.41, 5.74) is 1.51. The number of carboxylic acid groups (broad SMARTS) is 1. The van der Waals surface area contributed by atoms with Crippen LogP contribution in [0.25, 0.3) is 0 Å². The average Bonchev–Trinajstić information content (AvgIpc) is 2.45. The first kappa shape index (κ1) is 14.6. The fraction of sp³-hybridized carbons (Fsp3) is 0.500. The summed E-state index contributed by atoms with van der Waals surface area (Å²) in [6.45, 7) is 2.44. The van der Waals surface area contributed by atoms with Gasteiger partial charge in [0.25, 0.3) is 0 Å². The zero-order valence-corrected chi connectivity index (χ0v) is 11.7. The van der Waals surface area contributed by atoms with Gasteiger partial charge >= 0.3 is 5.97 Å². The third kappa shape index (κ3) is 3.38. The molecule has 0 atom stereocenters. The number of hydrogen-bond donors (Lipinski definition) is 1. The highest BCUT2D eigenvalue weighted by Gasteiger charge is 2.26. The molecule has 2 rings (SSSR count). The number of ether oxygens (including phenoxy) is 1. The van der Waals surface area contributed by atoms with E-state index in [4.69, 9.17) is 9.84 Å². The predicted molar refractivity (Wildman–Crippen MR) is 75.1 cm³/mol. The quantitative estimate of drug-likeness (QED) is 0.839. The zero-order valence-electron chi connectivity index (χ0n) is 11.7. The second-order valence-corrected chi connectivity index (χ2v) is 5.47. The lowest BCUT2D eigenvalue weighted by Gasteiger charge is -2.26. The van der Waals surface area contributed by atoms with Gasteiger partial charge in [0.05, 0.1) is 18.1 Å². The van der Waals surface area contributed by atoms with Crippen molar-refractivity contribution in [3.05, 3.63) is 29.3 Å². The minimum atomic E-state index is -0.689. The molecule has 0 aromatic heterocycles. The van der Waals surface area contributed by atoms with Gasteiger partial charge in [-0.05, 0) is 50.2 Å². The molecule has 0 heterocycles. The molecule has 0 radical (unpaired) electrons. The van der Waals surface area contributed by atoms with Gasteiger partial charge in [-0.1, -0.05) is 12.1 Å². The van der Waals surface area contributed by atoms with Crippen LogP contribution in [0.2, 0.25) is 0 Å². The molecule has 0 bridgehead atoms. The van der Waals surface area contributed by atoms with Gasteiger partial charge in [0.15, 0.2) is 6.29 Å². The number of carboxylic acids is 1.